The minimum atomic E-state index is -0.204. The molecular weight excluding hydrogens is 292 g/mol. The van der Waals surface area contributed by atoms with Crippen LogP contribution in [0.25, 0.3) is 11.3 Å². The standard InChI is InChI=1S/C17H22N4O2/c1-19(8-9-21-10-11-23-17(21)22)12-15-13-20(2)18-16(15)14-6-4-3-5-7-14/h3-7,13H,8-12H2,1-2H3. The molecule has 1 aromatic carbocycles. The zero-order valence-corrected chi connectivity index (χ0v) is 13.6. The van der Waals surface area contributed by atoms with E-state index < -0.39 is 0 Å². The quantitative estimate of drug-likeness (QED) is 0.818. The average Bonchev–Trinajstić information content (AvgIpc) is 3.12. The molecule has 0 bridgehead atoms. The van der Waals surface area contributed by atoms with Crippen LogP contribution in [0.4, 0.5) is 4.79 Å². The lowest BCUT2D eigenvalue weighted by Gasteiger charge is -2.20. The van der Waals surface area contributed by atoms with Crippen molar-refractivity contribution < 1.29 is 9.53 Å². The maximum Gasteiger partial charge on any atom is 0.409 e. The summed E-state index contributed by atoms with van der Waals surface area (Å²) >= 11 is 0. The molecule has 2 heterocycles. The molecule has 1 aliphatic rings. The van der Waals surface area contributed by atoms with Gasteiger partial charge in [-0.2, -0.15) is 5.10 Å². The molecule has 0 unspecified atom stereocenters. The number of aryl methyl sites for hydroxylation is 1. The van der Waals surface area contributed by atoms with Crippen LogP contribution in [-0.2, 0) is 18.3 Å². The second kappa shape index (κ2) is 6.83. The van der Waals surface area contributed by atoms with Gasteiger partial charge < -0.3 is 14.5 Å². The number of carbonyl (C=O) groups excluding carboxylic acids is 1. The van der Waals surface area contributed by atoms with E-state index in [0.717, 1.165) is 24.3 Å². The Morgan fingerprint density at radius 3 is 2.78 bits per heavy atom. The molecule has 0 aliphatic carbocycles. The molecule has 1 amide bonds. The maximum atomic E-state index is 11.5. The fraction of sp³-hybridized carbons (Fsp3) is 0.412. The number of rotatable bonds is 6. The number of carbonyl (C=O) groups is 1. The Labute approximate surface area is 136 Å². The van der Waals surface area contributed by atoms with Crippen molar-refractivity contribution in [1.82, 2.24) is 19.6 Å². The van der Waals surface area contributed by atoms with Gasteiger partial charge in [0.05, 0.1) is 12.2 Å². The zero-order chi connectivity index (χ0) is 16.2. The van der Waals surface area contributed by atoms with Gasteiger partial charge in [-0.1, -0.05) is 30.3 Å². The summed E-state index contributed by atoms with van der Waals surface area (Å²) in [6.45, 7) is 3.48. The molecule has 122 valence electrons. The largest absolute Gasteiger partial charge is 0.448 e. The highest BCUT2D eigenvalue weighted by Gasteiger charge is 2.21. The summed E-state index contributed by atoms with van der Waals surface area (Å²) in [5, 5.41) is 4.59. The van der Waals surface area contributed by atoms with Gasteiger partial charge in [-0.05, 0) is 7.05 Å². The molecule has 1 aromatic heterocycles. The number of ether oxygens (including phenoxy) is 1. The van der Waals surface area contributed by atoms with Crippen LogP contribution in [0.15, 0.2) is 36.5 Å². The van der Waals surface area contributed by atoms with Crippen molar-refractivity contribution in [2.24, 2.45) is 7.05 Å². The highest BCUT2D eigenvalue weighted by molar-refractivity contribution is 5.69. The summed E-state index contributed by atoms with van der Waals surface area (Å²) < 4.78 is 6.80. The molecule has 1 saturated heterocycles. The van der Waals surface area contributed by atoms with E-state index >= 15 is 0 Å². The lowest BCUT2D eigenvalue weighted by atomic mass is 10.1. The van der Waals surface area contributed by atoms with Crippen molar-refractivity contribution in [2.45, 2.75) is 6.54 Å². The zero-order valence-electron chi connectivity index (χ0n) is 13.6. The highest BCUT2D eigenvalue weighted by Crippen LogP contribution is 2.22. The van der Waals surface area contributed by atoms with E-state index in [4.69, 9.17) is 4.74 Å². The molecule has 3 rings (SSSR count). The molecule has 6 heteroatoms. The summed E-state index contributed by atoms with van der Waals surface area (Å²) in [4.78, 5) is 15.4. The van der Waals surface area contributed by atoms with Gasteiger partial charge in [0.2, 0.25) is 0 Å². The van der Waals surface area contributed by atoms with E-state index in [0.29, 0.717) is 19.7 Å². The lowest BCUT2D eigenvalue weighted by molar-refractivity contribution is 0.155. The van der Waals surface area contributed by atoms with Crippen molar-refractivity contribution in [3.63, 3.8) is 0 Å². The second-order valence-corrected chi connectivity index (χ2v) is 5.88. The van der Waals surface area contributed by atoms with E-state index in [2.05, 4.69) is 35.4 Å². The average molecular weight is 314 g/mol. The van der Waals surface area contributed by atoms with E-state index in [9.17, 15) is 4.79 Å². The van der Waals surface area contributed by atoms with Crippen LogP contribution >= 0.6 is 0 Å². The number of amides is 1. The van der Waals surface area contributed by atoms with Crippen LogP contribution in [0.3, 0.4) is 0 Å². The van der Waals surface area contributed by atoms with Crippen LogP contribution in [0.5, 0.6) is 0 Å². The number of hydrogen-bond donors (Lipinski definition) is 0. The molecule has 6 nitrogen and oxygen atoms in total. The van der Waals surface area contributed by atoms with Crippen LogP contribution < -0.4 is 0 Å². The predicted octanol–water partition coefficient (Wildman–Crippen LogP) is 1.97. The van der Waals surface area contributed by atoms with E-state index in [-0.39, 0.29) is 6.09 Å². The topological polar surface area (TPSA) is 50.6 Å². The van der Waals surface area contributed by atoms with E-state index in [1.165, 1.54) is 5.56 Å². The molecule has 1 fully saturated rings. The first kappa shape index (κ1) is 15.6. The van der Waals surface area contributed by atoms with Gasteiger partial charge >= 0.3 is 6.09 Å². The molecule has 0 spiro atoms. The summed E-state index contributed by atoms with van der Waals surface area (Å²) in [6.07, 6.45) is 1.85. The number of benzene rings is 1. The fourth-order valence-electron chi connectivity index (χ4n) is 2.78. The van der Waals surface area contributed by atoms with E-state index in [1.54, 1.807) is 4.90 Å². The molecule has 0 radical (unpaired) electrons. The first-order valence-corrected chi connectivity index (χ1v) is 7.81. The second-order valence-electron chi connectivity index (χ2n) is 5.88. The minimum Gasteiger partial charge on any atom is -0.448 e. The smallest absolute Gasteiger partial charge is 0.409 e. The third kappa shape index (κ3) is 3.71. The Kier molecular flexibility index (Phi) is 4.62. The van der Waals surface area contributed by atoms with Gasteiger partial charge in [0.25, 0.3) is 0 Å². The van der Waals surface area contributed by atoms with Crippen molar-refractivity contribution in [2.75, 3.05) is 33.3 Å². The number of hydrogen-bond acceptors (Lipinski definition) is 4. The monoisotopic (exact) mass is 314 g/mol. The number of nitrogens with zero attached hydrogens (tertiary/aromatic N) is 4. The summed E-state index contributed by atoms with van der Waals surface area (Å²) in [5.74, 6) is 0. The molecule has 2 aromatic rings. The van der Waals surface area contributed by atoms with Crippen LogP contribution in [0.1, 0.15) is 5.56 Å². The summed E-state index contributed by atoms with van der Waals surface area (Å²) in [6, 6.07) is 10.2. The van der Waals surface area contributed by atoms with Crippen LogP contribution in [0, 0.1) is 0 Å². The number of cyclic esters (lactones) is 1. The Balaban J connectivity index is 1.64. The third-order valence-corrected chi connectivity index (χ3v) is 3.99. The molecule has 23 heavy (non-hydrogen) atoms. The first-order valence-electron chi connectivity index (χ1n) is 7.81. The normalized spacial score (nSPS) is 14.6. The van der Waals surface area contributed by atoms with Crippen LogP contribution in [0.2, 0.25) is 0 Å². The van der Waals surface area contributed by atoms with Gasteiger partial charge in [0, 0.05) is 44.0 Å². The third-order valence-electron chi connectivity index (χ3n) is 3.99. The Bertz CT molecular complexity index is 668. The van der Waals surface area contributed by atoms with Crippen molar-refractivity contribution in [3.05, 3.63) is 42.1 Å². The van der Waals surface area contributed by atoms with Crippen molar-refractivity contribution in [3.8, 4) is 11.3 Å². The van der Waals surface area contributed by atoms with Crippen molar-refractivity contribution in [1.29, 1.82) is 0 Å². The number of likely N-dealkylation sites (N-methyl/N-ethyl adjacent to an activating group) is 1. The highest BCUT2D eigenvalue weighted by atomic mass is 16.6. The molecular formula is C17H22N4O2. The van der Waals surface area contributed by atoms with Gasteiger partial charge in [0.15, 0.2) is 0 Å². The fourth-order valence-corrected chi connectivity index (χ4v) is 2.78. The van der Waals surface area contributed by atoms with Gasteiger partial charge in [0.1, 0.15) is 6.61 Å². The van der Waals surface area contributed by atoms with Crippen molar-refractivity contribution >= 4 is 6.09 Å². The minimum absolute atomic E-state index is 0.204. The summed E-state index contributed by atoms with van der Waals surface area (Å²) in [7, 11) is 4.00. The first-order chi connectivity index (χ1) is 11.1. The van der Waals surface area contributed by atoms with Gasteiger partial charge in [-0.15, -0.1) is 0 Å². The summed E-state index contributed by atoms with van der Waals surface area (Å²) in [5.41, 5.74) is 3.32. The van der Waals surface area contributed by atoms with E-state index in [1.807, 2.05) is 29.9 Å². The SMILES string of the molecule is CN(CCN1CCOC1=O)Cc1cn(C)nc1-c1ccccc1. The Morgan fingerprint density at radius 1 is 1.30 bits per heavy atom. The molecule has 1 aliphatic heterocycles. The molecule has 0 atom stereocenters. The molecule has 0 saturated carbocycles. The Hall–Kier alpha value is -2.34. The van der Waals surface area contributed by atoms with Gasteiger partial charge in [-0.25, -0.2) is 4.79 Å². The lowest BCUT2D eigenvalue weighted by Crippen LogP contribution is -2.33. The maximum absolute atomic E-state index is 11.5. The molecule has 0 N–H and O–H groups in total. The van der Waals surface area contributed by atoms with Crippen LogP contribution in [-0.4, -0.2) is 59.0 Å². The number of aromatic nitrogens is 2. The van der Waals surface area contributed by atoms with Gasteiger partial charge in [-0.3, -0.25) is 4.68 Å². The Morgan fingerprint density at radius 2 is 2.09 bits per heavy atom. The predicted molar refractivity (Wildman–Crippen MR) is 87.9 cm³/mol.